The van der Waals surface area contributed by atoms with Crippen molar-refractivity contribution in [3.05, 3.63) is 11.3 Å². The smallest absolute Gasteiger partial charge is 0.311 e. The number of halogens is 1. The van der Waals surface area contributed by atoms with E-state index < -0.39 is 41.8 Å². The molecule has 7 nitrogen and oxygen atoms in total. The number of carbonyl (C=O) groups excluding carboxylic acids is 1. The lowest BCUT2D eigenvalue weighted by Gasteiger charge is -2.53. The Bertz CT molecular complexity index is 645. The number of rotatable bonds is 1. The van der Waals surface area contributed by atoms with E-state index in [0.29, 0.717) is 5.70 Å². The number of carboxylic acids is 1. The summed E-state index contributed by atoms with van der Waals surface area (Å²) in [5, 5.41) is 27.7. The lowest BCUT2D eigenvalue weighted by molar-refractivity contribution is -0.154. The minimum Gasteiger partial charge on any atom is -0.481 e. The number of fused-ring (bicyclic) bond motifs is 1. The normalized spacial score (nSPS) is 39.5. The van der Waals surface area contributed by atoms with Crippen molar-refractivity contribution in [3.63, 3.8) is 0 Å². The van der Waals surface area contributed by atoms with Crippen molar-refractivity contribution in [2.24, 2.45) is 17.8 Å². The van der Waals surface area contributed by atoms with E-state index in [1.165, 1.54) is 0 Å². The predicted octanol–water partition coefficient (Wildman–Crippen LogP) is 0.237. The van der Waals surface area contributed by atoms with Gasteiger partial charge < -0.3 is 14.7 Å². The van der Waals surface area contributed by atoms with Gasteiger partial charge in [-0.3, -0.25) is 9.59 Å². The van der Waals surface area contributed by atoms with E-state index in [-0.39, 0.29) is 10.4 Å². The monoisotopic (exact) mass is 351 g/mol. The summed E-state index contributed by atoms with van der Waals surface area (Å²) in [6.45, 7) is 0. The zero-order chi connectivity index (χ0) is 15.5. The highest BCUT2D eigenvalue weighted by Crippen LogP contribution is 2.56. The molecule has 4 bridgehead atoms. The number of aliphatic carboxylic acids is 1. The SMILES string of the molecule is CN1C(=C(C#N)C#N)[C@@H]2[C@H]3OC(=O)[C@@H]2[C@H](C(=O)O)[C@@H]1[C@H]3Br. The Kier molecular flexibility index (Phi) is 2.96. The number of hydrogen-bond acceptors (Lipinski definition) is 6. The summed E-state index contributed by atoms with van der Waals surface area (Å²) in [5.41, 5.74) is 0.322. The van der Waals surface area contributed by atoms with Crippen LogP contribution < -0.4 is 0 Å². The highest BCUT2D eigenvalue weighted by atomic mass is 79.9. The number of piperidine rings is 2. The molecular weight excluding hydrogens is 342 g/mol. The summed E-state index contributed by atoms with van der Waals surface area (Å²) < 4.78 is 5.30. The number of esters is 1. The highest BCUT2D eigenvalue weighted by Gasteiger charge is 2.68. The molecule has 4 aliphatic rings. The fraction of sp³-hybridized carbons (Fsp3) is 0.538. The summed E-state index contributed by atoms with van der Waals surface area (Å²) in [6.07, 6.45) is -0.536. The Balaban J connectivity index is 2.23. The maximum absolute atomic E-state index is 12.0. The molecule has 0 aromatic carbocycles. The third kappa shape index (κ3) is 1.57. The van der Waals surface area contributed by atoms with Gasteiger partial charge in [0.2, 0.25) is 0 Å². The zero-order valence-corrected chi connectivity index (χ0v) is 12.4. The molecule has 0 aromatic rings. The third-order valence-corrected chi connectivity index (χ3v) is 5.63. The second-order valence-electron chi connectivity index (χ2n) is 5.35. The van der Waals surface area contributed by atoms with Crippen LogP contribution in [-0.2, 0) is 14.3 Å². The minimum absolute atomic E-state index is 0.0935. The summed E-state index contributed by atoms with van der Waals surface area (Å²) in [7, 11) is 1.65. The van der Waals surface area contributed by atoms with Gasteiger partial charge >= 0.3 is 11.9 Å². The Morgan fingerprint density at radius 2 is 2.00 bits per heavy atom. The topological polar surface area (TPSA) is 114 Å². The van der Waals surface area contributed by atoms with Gasteiger partial charge in [-0.2, -0.15) is 10.5 Å². The standard InChI is InChI=1S/C13H10BrN3O4/c1-17-9(4(2-15)3-16)6-5-7(12(18)19)10(17)8(14)11(6)21-13(5)20/h5-8,10-11H,1H3,(H,18,19)/t5-,6+,7-,8+,10+,11+/m0/s1. The number of allylic oxidation sites excluding steroid dienone is 1. The molecule has 21 heavy (non-hydrogen) atoms. The largest absolute Gasteiger partial charge is 0.481 e. The molecule has 0 aromatic heterocycles. The number of carbonyl (C=O) groups is 2. The van der Waals surface area contributed by atoms with E-state index in [0.717, 1.165) is 0 Å². The first kappa shape index (κ1) is 13.9. The lowest BCUT2D eigenvalue weighted by Crippen LogP contribution is -2.65. The molecule has 108 valence electrons. The minimum atomic E-state index is -1.07. The second kappa shape index (κ2) is 4.47. The van der Waals surface area contributed by atoms with Gasteiger partial charge in [0.15, 0.2) is 0 Å². The molecule has 1 saturated carbocycles. The van der Waals surface area contributed by atoms with E-state index in [9.17, 15) is 14.7 Å². The average Bonchev–Trinajstić information content (AvgIpc) is 2.72. The molecule has 4 fully saturated rings. The van der Waals surface area contributed by atoms with Crippen LogP contribution in [0.4, 0.5) is 0 Å². The Morgan fingerprint density at radius 3 is 2.52 bits per heavy atom. The number of nitriles is 2. The second-order valence-corrected chi connectivity index (χ2v) is 6.40. The van der Waals surface area contributed by atoms with Crippen molar-refractivity contribution >= 4 is 27.9 Å². The van der Waals surface area contributed by atoms with Crippen LogP contribution >= 0.6 is 15.9 Å². The number of alkyl halides is 1. The lowest BCUT2D eigenvalue weighted by atomic mass is 9.63. The van der Waals surface area contributed by atoms with Crippen molar-refractivity contribution < 1.29 is 19.4 Å². The Morgan fingerprint density at radius 1 is 1.38 bits per heavy atom. The molecule has 0 radical (unpaired) electrons. The van der Waals surface area contributed by atoms with Crippen molar-refractivity contribution in [3.8, 4) is 12.1 Å². The van der Waals surface area contributed by atoms with Crippen LogP contribution in [0.15, 0.2) is 11.3 Å². The first-order valence-electron chi connectivity index (χ1n) is 6.28. The van der Waals surface area contributed by atoms with E-state index in [4.69, 9.17) is 15.3 Å². The maximum atomic E-state index is 12.0. The van der Waals surface area contributed by atoms with Crippen LogP contribution in [0.5, 0.6) is 0 Å². The zero-order valence-electron chi connectivity index (χ0n) is 10.9. The van der Waals surface area contributed by atoms with Gasteiger partial charge in [0.1, 0.15) is 23.8 Å². The number of carboxylic acid groups (broad SMARTS) is 1. The molecule has 8 heteroatoms. The molecular formula is C13H10BrN3O4. The van der Waals surface area contributed by atoms with E-state index in [1.807, 2.05) is 12.1 Å². The Hall–Kier alpha value is -2.06. The van der Waals surface area contributed by atoms with E-state index in [2.05, 4.69) is 15.9 Å². The molecule has 0 spiro atoms. The molecule has 1 aliphatic carbocycles. The summed E-state index contributed by atoms with van der Waals surface area (Å²) in [6, 6.07) is 3.11. The fourth-order valence-electron chi connectivity index (χ4n) is 3.83. The van der Waals surface area contributed by atoms with Crippen LogP contribution in [0.1, 0.15) is 0 Å². The first-order chi connectivity index (χ1) is 9.93. The summed E-state index contributed by atoms with van der Waals surface area (Å²) in [4.78, 5) is 24.9. The van der Waals surface area contributed by atoms with Gasteiger partial charge in [-0.05, 0) is 0 Å². The van der Waals surface area contributed by atoms with Crippen LogP contribution in [0.2, 0.25) is 0 Å². The maximum Gasteiger partial charge on any atom is 0.311 e. The summed E-state index contributed by atoms with van der Waals surface area (Å²) >= 11 is 3.43. The highest BCUT2D eigenvalue weighted by molar-refractivity contribution is 9.09. The molecule has 6 atom stereocenters. The number of hydrogen-bond donors (Lipinski definition) is 1. The predicted molar refractivity (Wildman–Crippen MR) is 70.5 cm³/mol. The third-order valence-electron chi connectivity index (χ3n) is 4.57. The summed E-state index contributed by atoms with van der Waals surface area (Å²) in [5.74, 6) is -3.97. The molecule has 3 heterocycles. The van der Waals surface area contributed by atoms with E-state index >= 15 is 0 Å². The van der Waals surface area contributed by atoms with Gasteiger partial charge in [0.05, 0.1) is 34.3 Å². The molecule has 3 saturated heterocycles. The first-order valence-corrected chi connectivity index (χ1v) is 7.20. The van der Waals surface area contributed by atoms with Crippen molar-refractivity contribution in [1.29, 1.82) is 10.5 Å². The average molecular weight is 352 g/mol. The van der Waals surface area contributed by atoms with Crippen LogP contribution in [0.25, 0.3) is 0 Å². The molecule has 1 N–H and O–H groups in total. The van der Waals surface area contributed by atoms with Crippen LogP contribution in [0.3, 0.4) is 0 Å². The fourth-order valence-corrected chi connectivity index (χ4v) is 4.95. The molecule has 0 amide bonds. The molecule has 0 unspecified atom stereocenters. The van der Waals surface area contributed by atoms with Crippen molar-refractivity contribution in [2.75, 3.05) is 7.05 Å². The van der Waals surface area contributed by atoms with Crippen LogP contribution in [-0.4, -0.2) is 46.0 Å². The van der Waals surface area contributed by atoms with Gasteiger partial charge in [0.25, 0.3) is 0 Å². The van der Waals surface area contributed by atoms with Gasteiger partial charge in [0, 0.05) is 7.05 Å². The van der Waals surface area contributed by atoms with Gasteiger partial charge in [-0.15, -0.1) is 0 Å². The number of nitrogens with zero attached hydrogens (tertiary/aromatic N) is 3. The van der Waals surface area contributed by atoms with Gasteiger partial charge in [-0.25, -0.2) is 0 Å². The van der Waals surface area contributed by atoms with Gasteiger partial charge in [-0.1, -0.05) is 15.9 Å². The van der Waals surface area contributed by atoms with Crippen LogP contribution in [0, 0.1) is 40.4 Å². The number of ether oxygens (including phenoxy) is 1. The molecule has 3 aliphatic heterocycles. The Labute approximate surface area is 128 Å². The quantitative estimate of drug-likeness (QED) is 0.408. The van der Waals surface area contributed by atoms with Crippen molar-refractivity contribution in [1.82, 2.24) is 4.90 Å². The van der Waals surface area contributed by atoms with Crippen molar-refractivity contribution in [2.45, 2.75) is 17.0 Å². The van der Waals surface area contributed by atoms with E-state index in [1.54, 1.807) is 11.9 Å². The molecule has 4 rings (SSSR count).